The fourth-order valence-corrected chi connectivity index (χ4v) is 2.49. The summed E-state index contributed by atoms with van der Waals surface area (Å²) in [6.07, 6.45) is 2.24. The van der Waals surface area contributed by atoms with Crippen LogP contribution in [0.4, 0.5) is 0 Å². The number of nitrogens with one attached hydrogen (secondary N) is 1. The maximum absolute atomic E-state index is 5.33. The van der Waals surface area contributed by atoms with Crippen LogP contribution in [0.25, 0.3) is 0 Å². The normalized spacial score (nSPS) is 21.0. The van der Waals surface area contributed by atoms with Crippen molar-refractivity contribution in [2.75, 3.05) is 19.8 Å². The Hall–Kier alpha value is -0.450. The van der Waals surface area contributed by atoms with Crippen molar-refractivity contribution in [1.29, 1.82) is 0 Å². The van der Waals surface area contributed by atoms with Crippen molar-refractivity contribution < 1.29 is 4.74 Å². The van der Waals surface area contributed by atoms with Gasteiger partial charge >= 0.3 is 0 Å². The van der Waals surface area contributed by atoms with Crippen molar-refractivity contribution in [1.82, 2.24) is 10.3 Å². The van der Waals surface area contributed by atoms with Gasteiger partial charge in [0.1, 0.15) is 0 Å². The Morgan fingerprint density at radius 1 is 1.67 bits per heavy atom. The van der Waals surface area contributed by atoms with Crippen LogP contribution in [0.3, 0.4) is 0 Å². The molecule has 1 aromatic heterocycles. The summed E-state index contributed by atoms with van der Waals surface area (Å²) in [5, 5.41) is 6.83. The van der Waals surface area contributed by atoms with Crippen molar-refractivity contribution in [3.05, 3.63) is 16.1 Å². The summed E-state index contributed by atoms with van der Waals surface area (Å²) in [5.41, 5.74) is 1.18. The van der Waals surface area contributed by atoms with Gasteiger partial charge in [-0.1, -0.05) is 6.92 Å². The Labute approximate surface area is 94.9 Å². The Morgan fingerprint density at radius 3 is 3.27 bits per heavy atom. The van der Waals surface area contributed by atoms with Gasteiger partial charge < -0.3 is 10.1 Å². The summed E-state index contributed by atoms with van der Waals surface area (Å²) in [7, 11) is 0. The lowest BCUT2D eigenvalue weighted by atomic mass is 10.1. The number of nitrogens with zero attached hydrogens (tertiary/aromatic N) is 1. The van der Waals surface area contributed by atoms with Gasteiger partial charge in [-0.15, -0.1) is 11.3 Å². The van der Waals surface area contributed by atoms with E-state index in [2.05, 4.69) is 22.6 Å². The van der Waals surface area contributed by atoms with Crippen molar-refractivity contribution >= 4 is 11.3 Å². The van der Waals surface area contributed by atoms with Gasteiger partial charge in [0.05, 0.1) is 17.3 Å². The summed E-state index contributed by atoms with van der Waals surface area (Å²) in [6.45, 7) is 5.95. The van der Waals surface area contributed by atoms with Crippen LogP contribution in [0, 0.1) is 5.92 Å². The van der Waals surface area contributed by atoms with E-state index in [1.54, 1.807) is 11.3 Å². The van der Waals surface area contributed by atoms with Gasteiger partial charge in [-0.3, -0.25) is 0 Å². The molecule has 1 saturated heterocycles. The number of aromatic nitrogens is 1. The molecule has 1 unspecified atom stereocenters. The van der Waals surface area contributed by atoms with Gasteiger partial charge in [-0.05, 0) is 18.8 Å². The van der Waals surface area contributed by atoms with Crippen LogP contribution in [0.2, 0.25) is 0 Å². The average Bonchev–Trinajstić information content (AvgIpc) is 2.88. The minimum Gasteiger partial charge on any atom is -0.381 e. The van der Waals surface area contributed by atoms with Gasteiger partial charge in [-0.2, -0.15) is 0 Å². The number of hydrogen-bond acceptors (Lipinski definition) is 4. The fourth-order valence-electron chi connectivity index (χ4n) is 1.74. The summed E-state index contributed by atoms with van der Waals surface area (Å²) in [5.74, 6) is 0.703. The quantitative estimate of drug-likeness (QED) is 0.831. The van der Waals surface area contributed by atoms with Crippen molar-refractivity contribution in [2.24, 2.45) is 5.92 Å². The van der Waals surface area contributed by atoms with Gasteiger partial charge in [0.2, 0.25) is 0 Å². The molecule has 0 aliphatic carbocycles. The van der Waals surface area contributed by atoms with E-state index in [4.69, 9.17) is 4.74 Å². The van der Waals surface area contributed by atoms with Crippen LogP contribution < -0.4 is 5.32 Å². The third-order valence-electron chi connectivity index (χ3n) is 2.66. The Bertz CT molecular complexity index is 295. The highest BCUT2D eigenvalue weighted by Crippen LogP contribution is 2.12. The molecule has 0 saturated carbocycles. The van der Waals surface area contributed by atoms with Crippen LogP contribution in [-0.4, -0.2) is 24.7 Å². The molecule has 0 bridgehead atoms. The lowest BCUT2D eigenvalue weighted by molar-refractivity contribution is 0.185. The highest BCUT2D eigenvalue weighted by molar-refractivity contribution is 7.09. The van der Waals surface area contributed by atoms with E-state index < -0.39 is 0 Å². The average molecular weight is 226 g/mol. The van der Waals surface area contributed by atoms with Gasteiger partial charge in [-0.25, -0.2) is 4.98 Å². The van der Waals surface area contributed by atoms with Crippen molar-refractivity contribution in [2.45, 2.75) is 26.3 Å². The van der Waals surface area contributed by atoms with E-state index in [1.165, 1.54) is 17.1 Å². The molecule has 15 heavy (non-hydrogen) atoms. The molecular weight excluding hydrogens is 208 g/mol. The molecule has 3 nitrogen and oxygen atoms in total. The number of rotatable bonds is 5. The van der Waals surface area contributed by atoms with Gasteiger partial charge in [0.25, 0.3) is 0 Å². The second kappa shape index (κ2) is 5.58. The second-order valence-electron chi connectivity index (χ2n) is 3.95. The number of aryl methyl sites for hydroxylation is 1. The first-order chi connectivity index (χ1) is 7.38. The zero-order valence-corrected chi connectivity index (χ0v) is 9.98. The van der Waals surface area contributed by atoms with E-state index >= 15 is 0 Å². The monoisotopic (exact) mass is 226 g/mol. The Kier molecular flexibility index (Phi) is 4.11. The highest BCUT2D eigenvalue weighted by atomic mass is 32.1. The molecule has 2 heterocycles. The van der Waals surface area contributed by atoms with Crippen molar-refractivity contribution in [3.63, 3.8) is 0 Å². The molecule has 84 valence electrons. The first kappa shape index (κ1) is 11.0. The number of hydrogen-bond donors (Lipinski definition) is 1. The maximum Gasteiger partial charge on any atom is 0.0926 e. The molecule has 4 heteroatoms. The SMILES string of the molecule is CCc1nc(CNCC2CCOC2)cs1. The predicted octanol–water partition coefficient (Wildman–Crippen LogP) is 1.83. The van der Waals surface area contributed by atoms with Gasteiger partial charge in [0.15, 0.2) is 0 Å². The van der Waals surface area contributed by atoms with Crippen LogP contribution in [0.15, 0.2) is 5.38 Å². The van der Waals surface area contributed by atoms with E-state index in [0.29, 0.717) is 5.92 Å². The smallest absolute Gasteiger partial charge is 0.0926 e. The zero-order valence-electron chi connectivity index (χ0n) is 9.16. The van der Waals surface area contributed by atoms with Crippen LogP contribution in [0.5, 0.6) is 0 Å². The van der Waals surface area contributed by atoms with Crippen LogP contribution in [-0.2, 0) is 17.7 Å². The van der Waals surface area contributed by atoms with E-state index in [9.17, 15) is 0 Å². The molecule has 0 amide bonds. The number of thiazole rings is 1. The minimum atomic E-state index is 0.703. The molecule has 1 aromatic rings. The Balaban J connectivity index is 1.68. The largest absolute Gasteiger partial charge is 0.381 e. The molecular formula is C11H18N2OS. The van der Waals surface area contributed by atoms with Crippen molar-refractivity contribution in [3.8, 4) is 0 Å². The third-order valence-corrected chi connectivity index (χ3v) is 3.71. The summed E-state index contributed by atoms with van der Waals surface area (Å²) in [4.78, 5) is 4.52. The fraction of sp³-hybridized carbons (Fsp3) is 0.727. The molecule has 1 aliphatic heterocycles. The first-order valence-electron chi connectivity index (χ1n) is 5.60. The van der Waals surface area contributed by atoms with Crippen LogP contribution >= 0.6 is 11.3 Å². The van der Waals surface area contributed by atoms with E-state index in [1.807, 2.05) is 0 Å². The summed E-state index contributed by atoms with van der Waals surface area (Å²) < 4.78 is 5.33. The molecule has 2 rings (SSSR count). The molecule has 1 N–H and O–H groups in total. The number of ether oxygens (including phenoxy) is 1. The molecule has 0 aromatic carbocycles. The maximum atomic E-state index is 5.33. The second-order valence-corrected chi connectivity index (χ2v) is 4.89. The predicted molar refractivity (Wildman–Crippen MR) is 62.1 cm³/mol. The standard InChI is InChI=1S/C11H18N2OS/c1-2-11-13-10(8-15-11)6-12-5-9-3-4-14-7-9/h8-9,12H,2-7H2,1H3. The zero-order chi connectivity index (χ0) is 10.5. The highest BCUT2D eigenvalue weighted by Gasteiger charge is 2.14. The molecule has 0 spiro atoms. The lowest BCUT2D eigenvalue weighted by Gasteiger charge is -2.07. The third kappa shape index (κ3) is 3.26. The molecule has 1 atom stereocenters. The molecule has 1 fully saturated rings. The minimum absolute atomic E-state index is 0.703. The Morgan fingerprint density at radius 2 is 2.60 bits per heavy atom. The molecule has 1 aliphatic rings. The summed E-state index contributed by atoms with van der Waals surface area (Å²) >= 11 is 1.76. The van der Waals surface area contributed by atoms with Crippen LogP contribution in [0.1, 0.15) is 24.0 Å². The first-order valence-corrected chi connectivity index (χ1v) is 6.48. The summed E-state index contributed by atoms with van der Waals surface area (Å²) in [6, 6.07) is 0. The van der Waals surface area contributed by atoms with E-state index in [0.717, 1.165) is 32.7 Å². The molecule has 0 radical (unpaired) electrons. The topological polar surface area (TPSA) is 34.2 Å². The van der Waals surface area contributed by atoms with E-state index in [-0.39, 0.29) is 0 Å². The lowest BCUT2D eigenvalue weighted by Crippen LogP contribution is -2.22. The van der Waals surface area contributed by atoms with Gasteiger partial charge in [0, 0.05) is 25.1 Å².